The Balaban J connectivity index is 1.72. The van der Waals surface area contributed by atoms with Crippen LogP contribution in [0.3, 0.4) is 0 Å². The number of anilines is 1. The molecule has 0 unspecified atom stereocenters. The van der Waals surface area contributed by atoms with Crippen molar-refractivity contribution in [2.45, 2.75) is 26.4 Å². The lowest BCUT2D eigenvalue weighted by Gasteiger charge is -2.31. The molecule has 0 aliphatic carbocycles. The first kappa shape index (κ1) is 14.0. The van der Waals surface area contributed by atoms with Gasteiger partial charge >= 0.3 is 0 Å². The fourth-order valence-corrected chi connectivity index (χ4v) is 3.34. The Labute approximate surface area is 135 Å². The molecule has 4 rings (SSSR count). The van der Waals surface area contributed by atoms with E-state index in [4.69, 9.17) is 0 Å². The molecule has 3 aromatic rings. The molecule has 0 spiro atoms. The molecule has 0 saturated heterocycles. The number of fused-ring (bicyclic) bond motifs is 2. The summed E-state index contributed by atoms with van der Waals surface area (Å²) in [5.74, 6) is 0. The fourth-order valence-electron chi connectivity index (χ4n) is 3.34. The maximum Gasteiger partial charge on any atom is 0.276 e. The van der Waals surface area contributed by atoms with Crippen LogP contribution in [0, 0.1) is 6.92 Å². The first-order valence-corrected chi connectivity index (χ1v) is 8.02. The lowest BCUT2D eigenvalue weighted by Crippen LogP contribution is -2.36. The largest absolute Gasteiger partial charge is 0.352 e. The molecule has 0 saturated carbocycles. The van der Waals surface area contributed by atoms with Crippen molar-refractivity contribution in [1.29, 1.82) is 0 Å². The van der Waals surface area contributed by atoms with Gasteiger partial charge in [0, 0.05) is 17.6 Å². The van der Waals surface area contributed by atoms with Crippen LogP contribution < -0.4 is 10.5 Å². The molecular weight excluding hydrogens is 286 g/mol. The molecule has 2 aromatic carbocycles. The third-order valence-electron chi connectivity index (χ3n) is 4.52. The summed E-state index contributed by atoms with van der Waals surface area (Å²) in [6.45, 7) is 3.57. The predicted octanol–water partition coefficient (Wildman–Crippen LogP) is 3.12. The topological polar surface area (TPSA) is 38.1 Å². The van der Waals surface area contributed by atoms with Gasteiger partial charge in [-0.25, -0.2) is 4.68 Å². The molecule has 116 valence electrons. The second-order valence-electron chi connectivity index (χ2n) is 6.18. The Hall–Kier alpha value is -2.62. The van der Waals surface area contributed by atoms with Gasteiger partial charge in [0.05, 0.1) is 11.6 Å². The van der Waals surface area contributed by atoms with Gasteiger partial charge in [0.1, 0.15) is 6.67 Å². The average Bonchev–Trinajstić information content (AvgIpc) is 2.57. The highest BCUT2D eigenvalue weighted by molar-refractivity contribution is 5.80. The normalized spacial score (nSPS) is 14.0. The zero-order valence-corrected chi connectivity index (χ0v) is 13.2. The van der Waals surface area contributed by atoms with Crippen molar-refractivity contribution < 1.29 is 0 Å². The van der Waals surface area contributed by atoms with E-state index in [1.807, 2.05) is 24.3 Å². The SMILES string of the molecule is Cc1ccc2c(c1)CCCN2Cn1ncc2ccccc2c1=O. The second kappa shape index (κ2) is 5.54. The van der Waals surface area contributed by atoms with Gasteiger partial charge in [-0.05, 0) is 37.5 Å². The minimum atomic E-state index is -0.0256. The van der Waals surface area contributed by atoms with Crippen LogP contribution in [0.5, 0.6) is 0 Å². The standard InChI is InChI=1S/C19H19N3O/c1-14-8-9-18-15(11-14)6-4-10-21(18)13-22-19(23)17-7-3-2-5-16(17)12-20-22/h2-3,5,7-9,11-12H,4,6,10,13H2,1H3. The van der Waals surface area contributed by atoms with E-state index >= 15 is 0 Å². The predicted molar refractivity (Wildman–Crippen MR) is 92.8 cm³/mol. The summed E-state index contributed by atoms with van der Waals surface area (Å²) in [5, 5.41) is 5.97. The highest BCUT2D eigenvalue weighted by Crippen LogP contribution is 2.28. The van der Waals surface area contributed by atoms with E-state index < -0.39 is 0 Å². The third-order valence-corrected chi connectivity index (χ3v) is 4.52. The van der Waals surface area contributed by atoms with Crippen LogP contribution >= 0.6 is 0 Å². The number of hydrogen-bond acceptors (Lipinski definition) is 3. The van der Waals surface area contributed by atoms with Crippen molar-refractivity contribution >= 4 is 16.5 Å². The van der Waals surface area contributed by atoms with E-state index in [0.29, 0.717) is 6.67 Å². The van der Waals surface area contributed by atoms with Crippen molar-refractivity contribution in [3.8, 4) is 0 Å². The van der Waals surface area contributed by atoms with Gasteiger partial charge in [0.25, 0.3) is 5.56 Å². The Morgan fingerprint density at radius 3 is 2.96 bits per heavy atom. The highest BCUT2D eigenvalue weighted by atomic mass is 16.1. The van der Waals surface area contributed by atoms with Crippen LogP contribution in [0.4, 0.5) is 5.69 Å². The molecule has 0 atom stereocenters. The van der Waals surface area contributed by atoms with Crippen LogP contribution in [0.2, 0.25) is 0 Å². The smallest absolute Gasteiger partial charge is 0.276 e. The molecular formula is C19H19N3O. The molecule has 4 heteroatoms. The van der Waals surface area contributed by atoms with Crippen molar-refractivity contribution in [2.24, 2.45) is 0 Å². The molecule has 0 amide bonds. The summed E-state index contributed by atoms with van der Waals surface area (Å²) < 4.78 is 1.57. The summed E-state index contributed by atoms with van der Waals surface area (Å²) in [5.41, 5.74) is 3.85. The summed E-state index contributed by atoms with van der Waals surface area (Å²) in [6, 6.07) is 14.2. The molecule has 0 radical (unpaired) electrons. The van der Waals surface area contributed by atoms with Gasteiger partial charge in [-0.1, -0.05) is 35.9 Å². The van der Waals surface area contributed by atoms with Crippen LogP contribution in [0.1, 0.15) is 17.5 Å². The molecule has 1 aliphatic heterocycles. The average molecular weight is 305 g/mol. The van der Waals surface area contributed by atoms with E-state index in [1.54, 1.807) is 10.9 Å². The van der Waals surface area contributed by atoms with Gasteiger partial charge in [-0.15, -0.1) is 0 Å². The summed E-state index contributed by atoms with van der Waals surface area (Å²) >= 11 is 0. The Kier molecular flexibility index (Phi) is 3.37. The molecule has 4 nitrogen and oxygen atoms in total. The summed E-state index contributed by atoms with van der Waals surface area (Å²) in [7, 11) is 0. The Morgan fingerprint density at radius 2 is 2.04 bits per heavy atom. The molecule has 0 bridgehead atoms. The minimum Gasteiger partial charge on any atom is -0.352 e. The quantitative estimate of drug-likeness (QED) is 0.730. The molecule has 23 heavy (non-hydrogen) atoms. The zero-order chi connectivity index (χ0) is 15.8. The molecule has 1 aliphatic rings. The second-order valence-corrected chi connectivity index (χ2v) is 6.18. The summed E-state index contributed by atoms with van der Waals surface area (Å²) in [6.07, 6.45) is 3.99. The van der Waals surface area contributed by atoms with Gasteiger partial charge in [0.15, 0.2) is 0 Å². The minimum absolute atomic E-state index is 0.0256. The van der Waals surface area contributed by atoms with Crippen LogP contribution in [-0.2, 0) is 13.1 Å². The van der Waals surface area contributed by atoms with Crippen molar-refractivity contribution in [2.75, 3.05) is 11.4 Å². The Bertz CT molecular complexity index is 929. The van der Waals surface area contributed by atoms with Gasteiger partial charge in [-0.3, -0.25) is 4.79 Å². The molecule has 2 heterocycles. The number of rotatable bonds is 2. The maximum absolute atomic E-state index is 12.6. The summed E-state index contributed by atoms with van der Waals surface area (Å²) in [4.78, 5) is 14.9. The van der Waals surface area contributed by atoms with Gasteiger partial charge in [0.2, 0.25) is 0 Å². The number of hydrogen-bond donors (Lipinski definition) is 0. The third kappa shape index (κ3) is 2.50. The van der Waals surface area contributed by atoms with E-state index in [-0.39, 0.29) is 5.56 Å². The number of aromatic nitrogens is 2. The number of nitrogens with zero attached hydrogens (tertiary/aromatic N) is 3. The van der Waals surface area contributed by atoms with Crippen LogP contribution in [0.15, 0.2) is 53.5 Å². The van der Waals surface area contributed by atoms with Crippen LogP contribution in [0.25, 0.3) is 10.8 Å². The lowest BCUT2D eigenvalue weighted by molar-refractivity contribution is 0.533. The number of benzene rings is 2. The van der Waals surface area contributed by atoms with Gasteiger partial charge in [-0.2, -0.15) is 5.10 Å². The van der Waals surface area contributed by atoms with Crippen molar-refractivity contribution in [1.82, 2.24) is 9.78 Å². The molecule has 0 N–H and O–H groups in total. The maximum atomic E-state index is 12.6. The number of aryl methyl sites for hydroxylation is 2. The van der Waals surface area contributed by atoms with Crippen LogP contribution in [-0.4, -0.2) is 16.3 Å². The van der Waals surface area contributed by atoms with Crippen molar-refractivity contribution in [3.05, 3.63) is 70.1 Å². The fraction of sp³-hybridized carbons (Fsp3) is 0.263. The molecule has 0 fully saturated rings. The van der Waals surface area contributed by atoms with Crippen molar-refractivity contribution in [3.63, 3.8) is 0 Å². The lowest BCUT2D eigenvalue weighted by atomic mass is 10.00. The zero-order valence-electron chi connectivity index (χ0n) is 13.2. The van der Waals surface area contributed by atoms with E-state index in [9.17, 15) is 4.79 Å². The monoisotopic (exact) mass is 305 g/mol. The molecule has 1 aromatic heterocycles. The Morgan fingerprint density at radius 1 is 1.17 bits per heavy atom. The van der Waals surface area contributed by atoms with E-state index in [0.717, 1.165) is 30.2 Å². The highest BCUT2D eigenvalue weighted by Gasteiger charge is 2.18. The van der Waals surface area contributed by atoms with E-state index in [1.165, 1.54) is 16.8 Å². The first-order chi connectivity index (χ1) is 11.2. The van der Waals surface area contributed by atoms with Gasteiger partial charge < -0.3 is 4.90 Å². The van der Waals surface area contributed by atoms with E-state index in [2.05, 4.69) is 35.1 Å². The first-order valence-electron chi connectivity index (χ1n) is 8.02.